The fraction of sp³-hybridized carbons (Fsp3) is 0.435. The number of aromatic nitrogens is 1. The van der Waals surface area contributed by atoms with Crippen molar-refractivity contribution in [2.75, 3.05) is 6.61 Å². The van der Waals surface area contributed by atoms with E-state index in [2.05, 4.69) is 5.32 Å². The maximum Gasteiger partial charge on any atom is 0.276 e. The number of rotatable bonds is 4. The van der Waals surface area contributed by atoms with Crippen LogP contribution in [0.25, 0.3) is 0 Å². The summed E-state index contributed by atoms with van der Waals surface area (Å²) in [5, 5.41) is 13.0. The fourth-order valence-corrected chi connectivity index (χ4v) is 4.83. The largest absolute Gasteiger partial charge is 0.503 e. The van der Waals surface area contributed by atoms with E-state index < -0.39 is 40.9 Å². The number of nitrogens with zero attached hydrogens (tertiary/aromatic N) is 2. The van der Waals surface area contributed by atoms with Gasteiger partial charge >= 0.3 is 0 Å². The van der Waals surface area contributed by atoms with Crippen LogP contribution >= 0.6 is 0 Å². The van der Waals surface area contributed by atoms with Crippen molar-refractivity contribution in [2.24, 2.45) is 11.8 Å². The third-order valence-corrected chi connectivity index (χ3v) is 6.82. The minimum atomic E-state index is -0.991. The summed E-state index contributed by atoms with van der Waals surface area (Å²) in [6, 6.07) is 2.84. The van der Waals surface area contributed by atoms with Crippen LogP contribution in [-0.2, 0) is 17.8 Å². The number of ether oxygens (including phenoxy) is 1. The summed E-state index contributed by atoms with van der Waals surface area (Å²) < 4.78 is 34.2. The van der Waals surface area contributed by atoms with Crippen molar-refractivity contribution in [1.82, 2.24) is 14.8 Å². The van der Waals surface area contributed by atoms with E-state index in [9.17, 15) is 28.3 Å². The number of nitrogens with one attached hydrogen (secondary N) is 1. The van der Waals surface area contributed by atoms with Gasteiger partial charge in [0.1, 0.15) is 17.2 Å². The second kappa shape index (κ2) is 7.95. The van der Waals surface area contributed by atoms with E-state index in [1.165, 1.54) is 16.8 Å². The van der Waals surface area contributed by atoms with Gasteiger partial charge < -0.3 is 24.6 Å². The number of carbonyl (C=O) groups is 2. The second-order valence-electron chi connectivity index (χ2n) is 8.88. The molecule has 8 nitrogen and oxygen atoms in total. The van der Waals surface area contributed by atoms with Crippen LogP contribution < -0.4 is 10.7 Å². The monoisotopic (exact) mass is 459 g/mol. The molecule has 1 aromatic carbocycles. The van der Waals surface area contributed by atoms with Crippen LogP contribution in [0.3, 0.4) is 0 Å². The predicted molar refractivity (Wildman–Crippen MR) is 111 cm³/mol. The maximum absolute atomic E-state index is 13.8. The summed E-state index contributed by atoms with van der Waals surface area (Å²) in [5.41, 5.74) is -1.52. The average Bonchev–Trinajstić information content (AvgIpc) is 3.60. The molecule has 1 aliphatic carbocycles. The van der Waals surface area contributed by atoms with Crippen LogP contribution in [0.15, 0.2) is 29.2 Å². The molecule has 2 amide bonds. The van der Waals surface area contributed by atoms with Gasteiger partial charge in [-0.25, -0.2) is 8.78 Å². The van der Waals surface area contributed by atoms with Gasteiger partial charge in [-0.15, -0.1) is 0 Å². The highest BCUT2D eigenvalue weighted by atomic mass is 19.1. The third kappa shape index (κ3) is 3.68. The summed E-state index contributed by atoms with van der Waals surface area (Å²) >= 11 is 0. The molecule has 1 saturated carbocycles. The van der Waals surface area contributed by atoms with Gasteiger partial charge in [0.15, 0.2) is 17.7 Å². The summed E-state index contributed by atoms with van der Waals surface area (Å²) in [7, 11) is 0. The molecule has 3 aliphatic rings. The Balaban J connectivity index is 1.41. The van der Waals surface area contributed by atoms with Gasteiger partial charge in [-0.1, -0.05) is 6.07 Å². The highest BCUT2D eigenvalue weighted by Crippen LogP contribution is 2.43. The Morgan fingerprint density at radius 3 is 2.73 bits per heavy atom. The Bertz CT molecular complexity index is 1210. The molecule has 0 bridgehead atoms. The van der Waals surface area contributed by atoms with Gasteiger partial charge in [0.2, 0.25) is 5.43 Å². The second-order valence-corrected chi connectivity index (χ2v) is 8.88. The lowest BCUT2D eigenvalue weighted by atomic mass is 9.92. The first-order valence-corrected chi connectivity index (χ1v) is 10.9. The highest BCUT2D eigenvalue weighted by Gasteiger charge is 2.48. The quantitative estimate of drug-likeness (QED) is 0.729. The molecule has 2 N–H and O–H groups in total. The van der Waals surface area contributed by atoms with Crippen LogP contribution in [-0.4, -0.2) is 45.3 Å². The first-order chi connectivity index (χ1) is 15.8. The minimum absolute atomic E-state index is 0.0349. The molecular weight excluding hydrogens is 436 g/mol. The number of carbonyl (C=O) groups excluding carboxylic acids is 2. The molecule has 3 unspecified atom stereocenters. The van der Waals surface area contributed by atoms with Gasteiger partial charge in [0, 0.05) is 36.3 Å². The zero-order valence-corrected chi connectivity index (χ0v) is 17.9. The van der Waals surface area contributed by atoms with Crippen LogP contribution in [0.1, 0.15) is 46.2 Å². The van der Waals surface area contributed by atoms with Crippen molar-refractivity contribution >= 4 is 11.8 Å². The van der Waals surface area contributed by atoms with Crippen molar-refractivity contribution in [3.63, 3.8) is 0 Å². The summed E-state index contributed by atoms with van der Waals surface area (Å²) in [4.78, 5) is 40.2. The maximum atomic E-state index is 13.8. The molecule has 2 aliphatic heterocycles. The van der Waals surface area contributed by atoms with Gasteiger partial charge in [0.25, 0.3) is 11.8 Å². The van der Waals surface area contributed by atoms with Crippen LogP contribution in [0, 0.1) is 23.5 Å². The molecular formula is C23H23F2N3O5. The number of pyridine rings is 1. The molecule has 10 heteroatoms. The SMILES string of the molecule is CC1C(C2CC2)COC2Cn3cc(C(=O)NCc4ccc(F)cc4F)c(=O)c(O)c3C(=O)N21. The van der Waals surface area contributed by atoms with Crippen molar-refractivity contribution in [2.45, 2.75) is 45.1 Å². The molecule has 2 fully saturated rings. The van der Waals surface area contributed by atoms with Gasteiger partial charge in [-0.2, -0.15) is 0 Å². The van der Waals surface area contributed by atoms with Crippen molar-refractivity contribution in [1.29, 1.82) is 0 Å². The smallest absolute Gasteiger partial charge is 0.276 e. The van der Waals surface area contributed by atoms with Gasteiger partial charge in [-0.3, -0.25) is 14.4 Å². The Kier molecular flexibility index (Phi) is 5.19. The molecule has 3 heterocycles. The molecule has 33 heavy (non-hydrogen) atoms. The lowest BCUT2D eigenvalue weighted by Gasteiger charge is -2.47. The van der Waals surface area contributed by atoms with E-state index in [1.54, 1.807) is 4.90 Å². The third-order valence-electron chi connectivity index (χ3n) is 6.82. The fourth-order valence-electron chi connectivity index (χ4n) is 4.83. The molecule has 5 rings (SSSR count). The lowest BCUT2D eigenvalue weighted by molar-refractivity contribution is -0.141. The van der Waals surface area contributed by atoms with Crippen LogP contribution in [0.4, 0.5) is 8.78 Å². The molecule has 1 saturated heterocycles. The Labute approximate surface area is 187 Å². The zero-order valence-electron chi connectivity index (χ0n) is 17.9. The number of halogens is 2. The van der Waals surface area contributed by atoms with Crippen LogP contribution in [0.5, 0.6) is 5.75 Å². The molecule has 3 atom stereocenters. The number of fused-ring (bicyclic) bond motifs is 2. The Morgan fingerprint density at radius 1 is 1.27 bits per heavy atom. The Hall–Kier alpha value is -3.27. The molecule has 1 aromatic heterocycles. The summed E-state index contributed by atoms with van der Waals surface area (Å²) in [6.45, 7) is 2.35. The van der Waals surface area contributed by atoms with Gasteiger partial charge in [0.05, 0.1) is 13.2 Å². The Morgan fingerprint density at radius 2 is 2.03 bits per heavy atom. The van der Waals surface area contributed by atoms with E-state index >= 15 is 0 Å². The molecule has 0 spiro atoms. The van der Waals surface area contributed by atoms with E-state index in [1.807, 2.05) is 6.92 Å². The predicted octanol–water partition coefficient (Wildman–Crippen LogP) is 1.99. The normalized spacial score (nSPS) is 24.3. The van der Waals surface area contributed by atoms with Crippen molar-refractivity contribution in [3.05, 3.63) is 63.1 Å². The number of hydrogen-bond donors (Lipinski definition) is 2. The first-order valence-electron chi connectivity index (χ1n) is 10.9. The number of amides is 2. The molecule has 2 aromatic rings. The van der Waals surface area contributed by atoms with E-state index in [0.29, 0.717) is 18.6 Å². The lowest BCUT2D eigenvalue weighted by Crippen LogP contribution is -2.60. The topological polar surface area (TPSA) is 101 Å². The summed E-state index contributed by atoms with van der Waals surface area (Å²) in [6.07, 6.45) is 2.85. The highest BCUT2D eigenvalue weighted by molar-refractivity contribution is 5.99. The first kappa shape index (κ1) is 21.6. The van der Waals surface area contributed by atoms with Crippen molar-refractivity contribution < 1.29 is 28.2 Å². The average molecular weight is 459 g/mol. The van der Waals surface area contributed by atoms with Gasteiger partial charge in [-0.05, 0) is 31.7 Å². The number of aromatic hydroxyl groups is 1. The number of hydrogen-bond acceptors (Lipinski definition) is 5. The molecule has 0 radical (unpaired) electrons. The summed E-state index contributed by atoms with van der Waals surface area (Å²) in [5.74, 6) is -3.03. The minimum Gasteiger partial charge on any atom is -0.503 e. The zero-order chi connectivity index (χ0) is 23.4. The number of benzene rings is 1. The van der Waals surface area contributed by atoms with E-state index in [0.717, 1.165) is 18.9 Å². The van der Waals surface area contributed by atoms with E-state index in [4.69, 9.17) is 4.74 Å². The standard InChI is InChI=1S/C23H23F2N3O5/c1-11-16(12-2-3-12)10-33-18-9-27-8-15(20(29)21(30)19(27)23(32)28(11)18)22(31)26-7-13-4-5-14(24)6-17(13)25/h4-6,8,11-12,16,18,30H,2-3,7,9-10H2,1H3,(H,26,31). The molecule has 174 valence electrons. The van der Waals surface area contributed by atoms with Crippen molar-refractivity contribution in [3.8, 4) is 5.75 Å². The van der Waals surface area contributed by atoms with E-state index in [-0.39, 0.29) is 41.9 Å². The van der Waals surface area contributed by atoms with Crippen LogP contribution in [0.2, 0.25) is 0 Å².